The molecule has 1 saturated carbocycles. The van der Waals surface area contributed by atoms with E-state index in [1.165, 1.54) is 24.0 Å². The maximum absolute atomic E-state index is 6.36. The topological polar surface area (TPSA) is 35.2 Å². The number of fused-ring (bicyclic) bond motifs is 1. The lowest BCUT2D eigenvalue weighted by atomic mass is 9.91. The Morgan fingerprint density at radius 2 is 2.22 bits per heavy atom. The minimum atomic E-state index is 0.250. The van der Waals surface area contributed by atoms with Crippen LogP contribution in [0.3, 0.4) is 0 Å². The number of hydrogen-bond acceptors (Lipinski definition) is 2. The lowest BCUT2D eigenvalue weighted by Crippen LogP contribution is -2.31. The van der Waals surface area contributed by atoms with Crippen molar-refractivity contribution in [1.82, 2.24) is 0 Å². The minimum Gasteiger partial charge on any atom is -0.493 e. The van der Waals surface area contributed by atoms with Crippen LogP contribution in [-0.2, 0) is 12.8 Å². The predicted molar refractivity (Wildman–Crippen MR) is 76.9 cm³/mol. The molecule has 0 amide bonds. The number of rotatable bonds is 4. The Bertz CT molecular complexity index is 456. The largest absolute Gasteiger partial charge is 0.493 e. The van der Waals surface area contributed by atoms with E-state index in [9.17, 15) is 0 Å². The molecule has 1 aromatic carbocycles. The molecule has 0 radical (unpaired) electrons. The molecule has 0 bridgehead atoms. The molecule has 3 rings (SSSR count). The molecule has 2 aliphatic rings. The van der Waals surface area contributed by atoms with Crippen LogP contribution in [0.2, 0.25) is 0 Å². The molecular weight excluding hydrogens is 290 g/mol. The van der Waals surface area contributed by atoms with E-state index in [0.29, 0.717) is 5.92 Å². The third kappa shape index (κ3) is 2.43. The highest BCUT2D eigenvalue weighted by Gasteiger charge is 2.32. The molecular formula is C15H20BrNO. The Morgan fingerprint density at radius 3 is 2.94 bits per heavy atom. The van der Waals surface area contributed by atoms with Crippen LogP contribution >= 0.6 is 15.9 Å². The molecule has 98 valence electrons. The molecule has 0 saturated heterocycles. The highest BCUT2D eigenvalue weighted by atomic mass is 79.9. The van der Waals surface area contributed by atoms with Crippen LogP contribution in [0.25, 0.3) is 0 Å². The van der Waals surface area contributed by atoms with E-state index in [1.807, 2.05) is 0 Å². The van der Waals surface area contributed by atoms with E-state index in [1.54, 1.807) is 0 Å². The minimum absolute atomic E-state index is 0.250. The highest BCUT2D eigenvalue weighted by Crippen LogP contribution is 2.40. The fourth-order valence-electron chi connectivity index (χ4n) is 2.91. The van der Waals surface area contributed by atoms with E-state index in [0.717, 1.165) is 35.6 Å². The van der Waals surface area contributed by atoms with Gasteiger partial charge in [0.05, 0.1) is 6.61 Å². The summed E-state index contributed by atoms with van der Waals surface area (Å²) in [4.78, 5) is 0. The van der Waals surface area contributed by atoms with Gasteiger partial charge in [-0.3, -0.25) is 0 Å². The summed E-state index contributed by atoms with van der Waals surface area (Å²) >= 11 is 3.59. The number of halogens is 1. The van der Waals surface area contributed by atoms with Crippen molar-refractivity contribution in [1.29, 1.82) is 0 Å². The second-order valence-corrected chi connectivity index (χ2v) is 6.63. The van der Waals surface area contributed by atoms with Crippen molar-refractivity contribution in [2.45, 2.75) is 38.6 Å². The van der Waals surface area contributed by atoms with Crippen molar-refractivity contribution in [2.24, 2.45) is 17.6 Å². The van der Waals surface area contributed by atoms with Crippen molar-refractivity contribution >= 4 is 15.9 Å². The van der Waals surface area contributed by atoms with Crippen LogP contribution in [0.15, 0.2) is 16.6 Å². The molecule has 1 aliphatic carbocycles. The van der Waals surface area contributed by atoms with E-state index < -0.39 is 0 Å². The zero-order chi connectivity index (χ0) is 12.7. The Labute approximate surface area is 117 Å². The van der Waals surface area contributed by atoms with Crippen LogP contribution in [-0.4, -0.2) is 12.6 Å². The smallest absolute Gasteiger partial charge is 0.125 e. The molecule has 2 nitrogen and oxygen atoms in total. The molecule has 2 N–H and O–H groups in total. The molecule has 18 heavy (non-hydrogen) atoms. The van der Waals surface area contributed by atoms with Crippen LogP contribution in [0.4, 0.5) is 0 Å². The molecule has 0 aromatic heterocycles. The highest BCUT2D eigenvalue weighted by molar-refractivity contribution is 9.10. The summed E-state index contributed by atoms with van der Waals surface area (Å²) in [5.74, 6) is 2.58. The van der Waals surface area contributed by atoms with Gasteiger partial charge in [0.1, 0.15) is 5.75 Å². The predicted octanol–water partition coefficient (Wildman–Crippen LogP) is 3.30. The molecule has 3 heteroatoms. The first kappa shape index (κ1) is 12.5. The van der Waals surface area contributed by atoms with Crippen molar-refractivity contribution in [2.75, 3.05) is 6.61 Å². The van der Waals surface area contributed by atoms with Gasteiger partial charge in [0.15, 0.2) is 0 Å². The van der Waals surface area contributed by atoms with Crippen molar-refractivity contribution in [3.05, 3.63) is 27.7 Å². The van der Waals surface area contributed by atoms with Gasteiger partial charge in [-0.05, 0) is 54.4 Å². The zero-order valence-corrected chi connectivity index (χ0v) is 12.4. The standard InChI is InChI=1S/C15H20BrNO/c1-9(10-2-3-10)14(17)8-12-7-13(16)6-11-4-5-18-15(11)12/h6-7,9-10,14H,2-5,8,17H2,1H3. The van der Waals surface area contributed by atoms with Crippen LogP contribution < -0.4 is 10.5 Å². The van der Waals surface area contributed by atoms with Crippen molar-refractivity contribution in [3.8, 4) is 5.75 Å². The van der Waals surface area contributed by atoms with Crippen LogP contribution in [0.1, 0.15) is 30.9 Å². The molecule has 2 atom stereocenters. The molecule has 2 unspecified atom stereocenters. The SMILES string of the molecule is CC(C(N)Cc1cc(Br)cc2c1OCC2)C1CC1. The average molecular weight is 310 g/mol. The summed E-state index contributed by atoms with van der Waals surface area (Å²) in [5.41, 5.74) is 8.96. The summed E-state index contributed by atoms with van der Waals surface area (Å²) in [6, 6.07) is 4.59. The van der Waals surface area contributed by atoms with E-state index in [-0.39, 0.29) is 6.04 Å². The molecule has 1 aromatic rings. The first-order chi connectivity index (χ1) is 8.65. The molecule has 0 spiro atoms. The third-order valence-corrected chi connectivity index (χ3v) is 4.78. The number of ether oxygens (including phenoxy) is 1. The lowest BCUT2D eigenvalue weighted by Gasteiger charge is -2.20. The summed E-state index contributed by atoms with van der Waals surface area (Å²) in [7, 11) is 0. The summed E-state index contributed by atoms with van der Waals surface area (Å²) in [5, 5.41) is 0. The average Bonchev–Trinajstić information content (AvgIpc) is 3.07. The van der Waals surface area contributed by atoms with Gasteiger partial charge >= 0.3 is 0 Å². The van der Waals surface area contributed by atoms with Crippen LogP contribution in [0.5, 0.6) is 5.75 Å². The Balaban J connectivity index is 1.79. The van der Waals surface area contributed by atoms with Crippen LogP contribution in [0, 0.1) is 11.8 Å². The van der Waals surface area contributed by atoms with Gasteiger partial charge in [-0.2, -0.15) is 0 Å². The quantitative estimate of drug-likeness (QED) is 0.926. The summed E-state index contributed by atoms with van der Waals surface area (Å²) < 4.78 is 6.91. The number of nitrogens with two attached hydrogens (primary N) is 1. The van der Waals surface area contributed by atoms with Gasteiger partial charge in [0, 0.05) is 16.9 Å². The molecule has 1 heterocycles. The monoisotopic (exact) mass is 309 g/mol. The molecule has 1 fully saturated rings. The van der Waals surface area contributed by atoms with Gasteiger partial charge in [-0.1, -0.05) is 22.9 Å². The van der Waals surface area contributed by atoms with Gasteiger partial charge in [0.2, 0.25) is 0 Å². The maximum atomic E-state index is 6.36. The zero-order valence-electron chi connectivity index (χ0n) is 10.8. The Morgan fingerprint density at radius 1 is 1.44 bits per heavy atom. The summed E-state index contributed by atoms with van der Waals surface area (Å²) in [6.45, 7) is 3.10. The normalized spacial score (nSPS) is 21.3. The van der Waals surface area contributed by atoms with Gasteiger partial charge in [-0.15, -0.1) is 0 Å². The second-order valence-electron chi connectivity index (χ2n) is 5.72. The first-order valence-electron chi connectivity index (χ1n) is 6.85. The summed E-state index contributed by atoms with van der Waals surface area (Å²) in [6.07, 6.45) is 4.68. The molecule has 1 aliphatic heterocycles. The Hall–Kier alpha value is -0.540. The first-order valence-corrected chi connectivity index (χ1v) is 7.64. The van der Waals surface area contributed by atoms with Gasteiger partial charge in [0.25, 0.3) is 0 Å². The van der Waals surface area contributed by atoms with Crippen molar-refractivity contribution in [3.63, 3.8) is 0 Å². The number of benzene rings is 1. The fourth-order valence-corrected chi connectivity index (χ4v) is 3.46. The van der Waals surface area contributed by atoms with Gasteiger partial charge in [-0.25, -0.2) is 0 Å². The van der Waals surface area contributed by atoms with E-state index in [4.69, 9.17) is 10.5 Å². The lowest BCUT2D eigenvalue weighted by molar-refractivity contribution is 0.347. The maximum Gasteiger partial charge on any atom is 0.125 e. The second kappa shape index (κ2) is 4.86. The number of hydrogen-bond donors (Lipinski definition) is 1. The fraction of sp³-hybridized carbons (Fsp3) is 0.600. The third-order valence-electron chi connectivity index (χ3n) is 4.32. The Kier molecular flexibility index (Phi) is 3.37. The van der Waals surface area contributed by atoms with Gasteiger partial charge < -0.3 is 10.5 Å². The van der Waals surface area contributed by atoms with E-state index in [2.05, 4.69) is 35.0 Å². The van der Waals surface area contributed by atoms with Crippen molar-refractivity contribution < 1.29 is 4.74 Å². The van der Waals surface area contributed by atoms with E-state index >= 15 is 0 Å².